The summed E-state index contributed by atoms with van der Waals surface area (Å²) in [4.78, 5) is 9.44. The number of carbonyl (C=O) groups excluding carboxylic acids is 1. The Morgan fingerprint density at radius 1 is 1.43 bits per heavy atom. The molecular weight excluding hydrogens is 116 g/mol. The number of rotatable bonds is 0. The van der Waals surface area contributed by atoms with Gasteiger partial charge in [-0.3, -0.25) is 0 Å². The third kappa shape index (κ3) is 25600. The van der Waals surface area contributed by atoms with Gasteiger partial charge < -0.3 is 13.9 Å². The van der Waals surface area contributed by atoms with Crippen LogP contribution in [-0.4, -0.2) is 14.9 Å². The van der Waals surface area contributed by atoms with Crippen LogP contribution < -0.4 is 0 Å². The largest absolute Gasteiger partial charge is 0.307 e. The number of Topliss-reactive ketones (excluding diaryl/α,β-unsaturated/α-hetero) is 1. The van der Waals surface area contributed by atoms with Crippen LogP contribution in [0.1, 0.15) is 13.8 Å². The summed E-state index contributed by atoms with van der Waals surface area (Å²) in [6.07, 6.45) is 0. The summed E-state index contributed by atoms with van der Waals surface area (Å²) in [6, 6.07) is 0. The van der Waals surface area contributed by atoms with Crippen molar-refractivity contribution in [1.82, 2.24) is 0 Å². The summed E-state index contributed by atoms with van der Waals surface area (Å²) >= 11 is -0.250. The second kappa shape index (κ2) is 9.34. The molecule has 0 aliphatic rings. The molecule has 0 fully saturated rings. The SMILES string of the molecule is CC(C)=O.OSO. The molecule has 0 aromatic carbocycles. The Morgan fingerprint density at radius 2 is 1.43 bits per heavy atom. The summed E-state index contributed by atoms with van der Waals surface area (Å²) in [5.74, 6) is 0.167. The van der Waals surface area contributed by atoms with Gasteiger partial charge in [0.25, 0.3) is 0 Å². The second-order valence-electron chi connectivity index (χ2n) is 0.990. The highest BCUT2D eigenvalue weighted by Crippen LogP contribution is 1.67. The smallest absolute Gasteiger partial charge is 0.152 e. The minimum absolute atomic E-state index is 0.167. The fourth-order valence-corrected chi connectivity index (χ4v) is 0. The first-order valence-corrected chi connectivity index (χ1v) is 2.30. The van der Waals surface area contributed by atoms with E-state index in [-0.39, 0.29) is 18.1 Å². The van der Waals surface area contributed by atoms with Crippen LogP contribution >= 0.6 is 12.3 Å². The van der Waals surface area contributed by atoms with Gasteiger partial charge in [0.1, 0.15) is 5.78 Å². The van der Waals surface area contributed by atoms with E-state index in [1.165, 1.54) is 13.8 Å². The summed E-state index contributed by atoms with van der Waals surface area (Å²) in [5, 5.41) is 0. The summed E-state index contributed by atoms with van der Waals surface area (Å²) in [7, 11) is 0. The fourth-order valence-electron chi connectivity index (χ4n) is 0. The molecule has 0 heterocycles. The van der Waals surface area contributed by atoms with Crippen molar-refractivity contribution in [3.63, 3.8) is 0 Å². The van der Waals surface area contributed by atoms with Crippen molar-refractivity contribution in [2.45, 2.75) is 13.8 Å². The average Bonchev–Trinajstić information content (AvgIpc) is 1.33. The minimum Gasteiger partial charge on any atom is -0.307 e. The molecule has 7 heavy (non-hydrogen) atoms. The van der Waals surface area contributed by atoms with Crippen molar-refractivity contribution < 1.29 is 13.9 Å². The summed E-state index contributed by atoms with van der Waals surface area (Å²) < 4.78 is 14.1. The zero-order valence-corrected chi connectivity index (χ0v) is 5.03. The molecule has 3 nitrogen and oxygen atoms in total. The quantitative estimate of drug-likeness (QED) is 0.477. The van der Waals surface area contributed by atoms with E-state index in [2.05, 4.69) is 0 Å². The Morgan fingerprint density at radius 3 is 1.43 bits per heavy atom. The molecule has 0 aromatic heterocycles. The molecule has 0 unspecified atom stereocenters. The van der Waals surface area contributed by atoms with Gasteiger partial charge in [-0.25, -0.2) is 0 Å². The van der Waals surface area contributed by atoms with E-state index < -0.39 is 0 Å². The van der Waals surface area contributed by atoms with Crippen molar-refractivity contribution in [2.75, 3.05) is 0 Å². The zero-order chi connectivity index (χ0) is 6.28. The van der Waals surface area contributed by atoms with Gasteiger partial charge in [-0.05, 0) is 13.8 Å². The van der Waals surface area contributed by atoms with Crippen LogP contribution in [0.25, 0.3) is 0 Å². The van der Waals surface area contributed by atoms with Crippen LogP contribution in [0.15, 0.2) is 0 Å². The van der Waals surface area contributed by atoms with Crippen LogP contribution in [-0.2, 0) is 4.79 Å². The van der Waals surface area contributed by atoms with Gasteiger partial charge in [0.2, 0.25) is 0 Å². The monoisotopic (exact) mass is 124 g/mol. The second-order valence-corrected chi connectivity index (χ2v) is 1.15. The molecule has 0 saturated carbocycles. The van der Waals surface area contributed by atoms with Crippen molar-refractivity contribution in [3.05, 3.63) is 0 Å². The van der Waals surface area contributed by atoms with E-state index >= 15 is 0 Å². The Kier molecular flexibility index (Phi) is 13.4. The van der Waals surface area contributed by atoms with Gasteiger partial charge in [-0.1, -0.05) is 0 Å². The third-order valence-corrected chi connectivity index (χ3v) is 0. The van der Waals surface area contributed by atoms with Crippen LogP contribution in [0.4, 0.5) is 0 Å². The number of carbonyl (C=O) groups is 1. The zero-order valence-electron chi connectivity index (χ0n) is 4.21. The standard InChI is InChI=1S/C3H6O.H2O2S/c1-3(2)4;1-3-2/h1-2H3;1-2H. The van der Waals surface area contributed by atoms with Crippen molar-refractivity contribution in [1.29, 1.82) is 0 Å². The van der Waals surface area contributed by atoms with Crippen molar-refractivity contribution in [3.8, 4) is 0 Å². The van der Waals surface area contributed by atoms with E-state index in [1.807, 2.05) is 0 Å². The fraction of sp³-hybridized carbons (Fsp3) is 0.667. The van der Waals surface area contributed by atoms with E-state index in [9.17, 15) is 4.79 Å². The molecule has 2 N–H and O–H groups in total. The molecule has 0 amide bonds. The Balaban J connectivity index is 0. The molecule has 0 radical (unpaired) electrons. The lowest BCUT2D eigenvalue weighted by atomic mass is 10.6. The molecule has 0 spiro atoms. The highest BCUT2D eigenvalue weighted by Gasteiger charge is 1.62. The summed E-state index contributed by atoms with van der Waals surface area (Å²) in [6.45, 7) is 3.06. The molecule has 4 heteroatoms. The maximum atomic E-state index is 9.44. The highest BCUT2D eigenvalue weighted by atomic mass is 32.2. The van der Waals surface area contributed by atoms with Gasteiger partial charge in [-0.2, -0.15) is 0 Å². The molecule has 0 atom stereocenters. The number of hydrogen-bond acceptors (Lipinski definition) is 4. The topological polar surface area (TPSA) is 57.5 Å². The lowest BCUT2D eigenvalue weighted by molar-refractivity contribution is -0.114. The normalized spacial score (nSPS) is 6.29. The van der Waals surface area contributed by atoms with Gasteiger partial charge in [-0.15, -0.1) is 0 Å². The van der Waals surface area contributed by atoms with Gasteiger partial charge in [0.05, 0.1) is 0 Å². The Bertz CT molecular complexity index is 41.4. The minimum atomic E-state index is -0.250. The summed E-state index contributed by atoms with van der Waals surface area (Å²) in [5.41, 5.74) is 0. The first-order chi connectivity index (χ1) is 3.15. The Labute approximate surface area is 46.8 Å². The molecule has 0 rings (SSSR count). The predicted octanol–water partition coefficient (Wildman–Crippen LogP) is 1.26. The average molecular weight is 124 g/mol. The molecule has 0 bridgehead atoms. The van der Waals surface area contributed by atoms with Crippen LogP contribution in [0.3, 0.4) is 0 Å². The molecule has 0 saturated heterocycles. The lowest BCUT2D eigenvalue weighted by Crippen LogP contribution is -1.69. The number of ketones is 1. The van der Waals surface area contributed by atoms with E-state index in [1.54, 1.807) is 0 Å². The molecule has 0 aromatic rings. The van der Waals surface area contributed by atoms with E-state index in [0.29, 0.717) is 0 Å². The molecular formula is C3H8O3S. The van der Waals surface area contributed by atoms with E-state index in [0.717, 1.165) is 0 Å². The maximum Gasteiger partial charge on any atom is 0.152 e. The lowest BCUT2D eigenvalue weighted by Gasteiger charge is -1.56. The van der Waals surface area contributed by atoms with Gasteiger partial charge in [0.15, 0.2) is 12.3 Å². The van der Waals surface area contributed by atoms with Crippen molar-refractivity contribution in [2.24, 2.45) is 0 Å². The first kappa shape index (κ1) is 10.0. The molecule has 0 aliphatic heterocycles. The first-order valence-electron chi connectivity index (χ1n) is 1.57. The van der Waals surface area contributed by atoms with Crippen LogP contribution in [0, 0.1) is 0 Å². The van der Waals surface area contributed by atoms with Crippen LogP contribution in [0.5, 0.6) is 0 Å². The van der Waals surface area contributed by atoms with Crippen LogP contribution in [0.2, 0.25) is 0 Å². The maximum absolute atomic E-state index is 9.44. The molecule has 44 valence electrons. The predicted molar refractivity (Wildman–Crippen MR) is 29.2 cm³/mol. The van der Waals surface area contributed by atoms with Gasteiger partial charge in [0, 0.05) is 0 Å². The molecule has 0 aliphatic carbocycles. The van der Waals surface area contributed by atoms with Gasteiger partial charge >= 0.3 is 0 Å². The third-order valence-electron chi connectivity index (χ3n) is 0. The number of hydrogen-bond donors (Lipinski definition) is 2. The van der Waals surface area contributed by atoms with Crippen molar-refractivity contribution >= 4 is 18.1 Å². The van der Waals surface area contributed by atoms with E-state index in [4.69, 9.17) is 9.11 Å². The Hall–Kier alpha value is -0.0600. The highest BCUT2D eigenvalue weighted by molar-refractivity contribution is 7.87.